The summed E-state index contributed by atoms with van der Waals surface area (Å²) in [6.45, 7) is 5.16. The number of amides is 2. The predicted octanol–water partition coefficient (Wildman–Crippen LogP) is -0.177. The zero-order chi connectivity index (χ0) is 14.2. The van der Waals surface area contributed by atoms with E-state index in [9.17, 15) is 9.59 Å². The lowest BCUT2D eigenvalue weighted by molar-refractivity contribution is -0.126. The molecule has 1 aliphatic heterocycles. The van der Waals surface area contributed by atoms with Crippen molar-refractivity contribution in [3.05, 3.63) is 11.9 Å². The second kappa shape index (κ2) is 4.56. The third kappa shape index (κ3) is 2.27. The van der Waals surface area contributed by atoms with Crippen molar-refractivity contribution in [3.8, 4) is 0 Å². The Labute approximate surface area is 111 Å². The number of carbonyl (C=O) groups excluding carboxylic acids is 2. The molecular weight excluding hydrogens is 246 g/mol. The summed E-state index contributed by atoms with van der Waals surface area (Å²) in [5.41, 5.74) is 11.1. The normalized spacial score (nSPS) is 22.7. The summed E-state index contributed by atoms with van der Waals surface area (Å²) in [7, 11) is 0. The predicted molar refractivity (Wildman–Crippen MR) is 70.1 cm³/mol. The highest BCUT2D eigenvalue weighted by molar-refractivity contribution is 5.97. The molecule has 0 spiro atoms. The maximum atomic E-state index is 12.3. The van der Waals surface area contributed by atoms with Crippen molar-refractivity contribution in [2.24, 2.45) is 11.1 Å². The Balaban J connectivity index is 2.17. The molecule has 1 fully saturated rings. The van der Waals surface area contributed by atoms with Crippen molar-refractivity contribution in [2.75, 3.05) is 18.8 Å². The van der Waals surface area contributed by atoms with Gasteiger partial charge in [0.25, 0.3) is 5.91 Å². The Morgan fingerprint density at radius 3 is 2.68 bits per heavy atom. The van der Waals surface area contributed by atoms with Gasteiger partial charge in [0.05, 0.1) is 11.1 Å². The van der Waals surface area contributed by atoms with E-state index < -0.39 is 5.41 Å². The van der Waals surface area contributed by atoms with E-state index in [1.807, 2.05) is 6.92 Å². The first kappa shape index (κ1) is 13.4. The first-order valence-electron chi connectivity index (χ1n) is 6.29. The van der Waals surface area contributed by atoms with Crippen LogP contribution in [0.1, 0.15) is 30.8 Å². The third-order valence-electron chi connectivity index (χ3n) is 3.67. The molecule has 0 saturated carbocycles. The van der Waals surface area contributed by atoms with Gasteiger partial charge >= 0.3 is 0 Å². The second-order valence-electron chi connectivity index (χ2n) is 5.19. The molecule has 2 rings (SSSR count). The number of hydrogen-bond acceptors (Lipinski definition) is 4. The number of anilines is 1. The number of hydrogen-bond donors (Lipinski definition) is 2. The lowest BCUT2D eigenvalue weighted by Gasteiger charge is -2.20. The number of carbonyl (C=O) groups is 2. The van der Waals surface area contributed by atoms with Gasteiger partial charge in [0.2, 0.25) is 5.91 Å². The Morgan fingerprint density at radius 1 is 1.53 bits per heavy atom. The van der Waals surface area contributed by atoms with E-state index in [-0.39, 0.29) is 17.5 Å². The van der Waals surface area contributed by atoms with Crippen LogP contribution in [-0.4, -0.2) is 39.6 Å². The van der Waals surface area contributed by atoms with Crippen LogP contribution in [0.25, 0.3) is 0 Å². The van der Waals surface area contributed by atoms with Gasteiger partial charge in [0.15, 0.2) is 5.69 Å². The van der Waals surface area contributed by atoms with E-state index in [0.29, 0.717) is 31.7 Å². The minimum Gasteiger partial charge on any atom is -0.396 e. The largest absolute Gasteiger partial charge is 0.396 e. The fourth-order valence-corrected chi connectivity index (χ4v) is 2.25. The first-order valence-corrected chi connectivity index (χ1v) is 6.29. The number of aryl methyl sites for hydroxylation is 1. The highest BCUT2D eigenvalue weighted by atomic mass is 16.2. The molecule has 2 amide bonds. The van der Waals surface area contributed by atoms with Crippen molar-refractivity contribution >= 4 is 17.5 Å². The smallest absolute Gasteiger partial charge is 0.276 e. The molecule has 0 bridgehead atoms. The first-order chi connectivity index (χ1) is 8.87. The van der Waals surface area contributed by atoms with E-state index in [2.05, 4.69) is 5.10 Å². The third-order valence-corrected chi connectivity index (χ3v) is 3.67. The molecule has 1 aromatic heterocycles. The topological polar surface area (TPSA) is 107 Å². The van der Waals surface area contributed by atoms with Crippen molar-refractivity contribution < 1.29 is 9.59 Å². The minimum absolute atomic E-state index is 0.241. The van der Waals surface area contributed by atoms with Crippen molar-refractivity contribution in [2.45, 2.75) is 26.8 Å². The van der Waals surface area contributed by atoms with Gasteiger partial charge in [-0.05, 0) is 20.3 Å². The molecule has 2 heterocycles. The molecular formula is C12H19N5O2. The molecule has 0 aromatic carbocycles. The van der Waals surface area contributed by atoms with Gasteiger partial charge in [-0.15, -0.1) is 0 Å². The number of nitrogen functional groups attached to an aromatic ring is 1. The summed E-state index contributed by atoms with van der Waals surface area (Å²) in [5, 5.41) is 4.15. The molecule has 1 aliphatic rings. The summed E-state index contributed by atoms with van der Waals surface area (Å²) in [6.07, 6.45) is 2.21. The van der Waals surface area contributed by atoms with Crippen LogP contribution in [0.2, 0.25) is 0 Å². The van der Waals surface area contributed by atoms with Gasteiger partial charge in [-0.3, -0.25) is 14.3 Å². The zero-order valence-electron chi connectivity index (χ0n) is 11.2. The molecule has 4 N–H and O–H groups in total. The fourth-order valence-electron chi connectivity index (χ4n) is 2.25. The van der Waals surface area contributed by atoms with Gasteiger partial charge in [0, 0.05) is 25.8 Å². The molecule has 104 valence electrons. The Kier molecular flexibility index (Phi) is 3.21. The number of primary amides is 1. The molecule has 0 aliphatic carbocycles. The van der Waals surface area contributed by atoms with E-state index in [0.717, 1.165) is 0 Å². The quantitative estimate of drug-likeness (QED) is 0.790. The zero-order valence-corrected chi connectivity index (χ0v) is 11.2. The van der Waals surface area contributed by atoms with Crippen molar-refractivity contribution in [1.82, 2.24) is 14.7 Å². The average Bonchev–Trinajstić information content (AvgIpc) is 2.93. The van der Waals surface area contributed by atoms with Crippen LogP contribution >= 0.6 is 0 Å². The molecule has 0 radical (unpaired) electrons. The van der Waals surface area contributed by atoms with Gasteiger partial charge in [-0.2, -0.15) is 5.10 Å². The molecule has 1 unspecified atom stereocenters. The molecule has 7 nitrogen and oxygen atoms in total. The van der Waals surface area contributed by atoms with Crippen LogP contribution < -0.4 is 11.5 Å². The van der Waals surface area contributed by atoms with E-state index >= 15 is 0 Å². The van der Waals surface area contributed by atoms with Gasteiger partial charge in [0.1, 0.15) is 0 Å². The van der Waals surface area contributed by atoms with Crippen LogP contribution in [0.5, 0.6) is 0 Å². The SMILES string of the molecule is CCn1cc(N)c(C(=O)N2CCC(C)(C(N)=O)C2)n1. The molecule has 1 aromatic rings. The average molecular weight is 265 g/mol. The standard InChI is InChI=1S/C12H19N5O2/c1-3-17-6-8(13)9(15-17)10(18)16-5-4-12(2,7-16)11(14)19/h6H,3-5,7,13H2,1-2H3,(H2,14,19). The Hall–Kier alpha value is -2.05. The van der Waals surface area contributed by atoms with Gasteiger partial charge in [-0.1, -0.05) is 0 Å². The lowest BCUT2D eigenvalue weighted by Crippen LogP contribution is -2.38. The highest BCUT2D eigenvalue weighted by Gasteiger charge is 2.41. The summed E-state index contributed by atoms with van der Waals surface area (Å²) < 4.78 is 1.62. The van der Waals surface area contributed by atoms with Crippen LogP contribution in [0.15, 0.2) is 6.20 Å². The summed E-state index contributed by atoms with van der Waals surface area (Å²) >= 11 is 0. The summed E-state index contributed by atoms with van der Waals surface area (Å²) in [5.74, 6) is -0.621. The maximum absolute atomic E-state index is 12.3. The van der Waals surface area contributed by atoms with Crippen molar-refractivity contribution in [1.29, 1.82) is 0 Å². The molecule has 19 heavy (non-hydrogen) atoms. The van der Waals surface area contributed by atoms with Gasteiger partial charge in [-0.25, -0.2) is 0 Å². The van der Waals surface area contributed by atoms with E-state index in [4.69, 9.17) is 11.5 Å². The monoisotopic (exact) mass is 265 g/mol. The molecule has 7 heteroatoms. The number of nitrogens with zero attached hydrogens (tertiary/aromatic N) is 3. The lowest BCUT2D eigenvalue weighted by atomic mass is 9.89. The van der Waals surface area contributed by atoms with Crippen LogP contribution in [0.4, 0.5) is 5.69 Å². The molecule has 1 atom stereocenters. The molecule has 1 saturated heterocycles. The number of rotatable bonds is 3. The second-order valence-corrected chi connectivity index (χ2v) is 5.19. The van der Waals surface area contributed by atoms with Crippen LogP contribution in [0.3, 0.4) is 0 Å². The number of likely N-dealkylation sites (tertiary alicyclic amines) is 1. The van der Waals surface area contributed by atoms with Gasteiger partial charge < -0.3 is 16.4 Å². The van der Waals surface area contributed by atoms with Crippen molar-refractivity contribution in [3.63, 3.8) is 0 Å². The fraction of sp³-hybridized carbons (Fsp3) is 0.583. The summed E-state index contributed by atoms with van der Waals surface area (Å²) in [4.78, 5) is 25.3. The number of nitrogens with two attached hydrogens (primary N) is 2. The summed E-state index contributed by atoms with van der Waals surface area (Å²) in [6, 6.07) is 0. The van der Waals surface area contributed by atoms with Crippen LogP contribution in [0, 0.1) is 5.41 Å². The van der Waals surface area contributed by atoms with E-state index in [1.54, 1.807) is 22.7 Å². The Morgan fingerprint density at radius 2 is 2.21 bits per heavy atom. The number of aromatic nitrogens is 2. The van der Waals surface area contributed by atoms with Crippen LogP contribution in [-0.2, 0) is 11.3 Å². The maximum Gasteiger partial charge on any atom is 0.276 e. The van der Waals surface area contributed by atoms with E-state index in [1.165, 1.54) is 0 Å². The highest BCUT2D eigenvalue weighted by Crippen LogP contribution is 2.30. The Bertz CT molecular complexity index is 524. The minimum atomic E-state index is -0.655.